The largest absolute Gasteiger partial charge is 0.337 e. The standard InChI is InChI=1S/C14H8Br2ClN3/c15-9-4-8-2-1-3-12(13(8)18-6-9)20-14-11(17)5-10(16)7-19-14/h1-7H,(H,19,20). The van der Waals surface area contributed by atoms with E-state index in [2.05, 4.69) is 47.1 Å². The molecular weight excluding hydrogens is 405 g/mol. The molecule has 2 aromatic heterocycles. The maximum absolute atomic E-state index is 6.17. The van der Waals surface area contributed by atoms with Crippen LogP contribution >= 0.6 is 43.5 Å². The number of para-hydroxylation sites is 1. The van der Waals surface area contributed by atoms with Crippen LogP contribution in [0.1, 0.15) is 0 Å². The number of nitrogens with one attached hydrogen (secondary N) is 1. The molecule has 0 unspecified atom stereocenters. The van der Waals surface area contributed by atoms with Gasteiger partial charge in [-0.05, 0) is 50.1 Å². The lowest BCUT2D eigenvalue weighted by Crippen LogP contribution is -1.96. The van der Waals surface area contributed by atoms with Gasteiger partial charge in [0, 0.05) is 26.7 Å². The number of fused-ring (bicyclic) bond motifs is 1. The Morgan fingerprint density at radius 3 is 2.55 bits per heavy atom. The zero-order valence-corrected chi connectivity index (χ0v) is 14.0. The Labute approximate surface area is 137 Å². The molecule has 3 rings (SSSR count). The van der Waals surface area contributed by atoms with E-state index in [-0.39, 0.29) is 0 Å². The van der Waals surface area contributed by atoms with Crippen molar-refractivity contribution in [3.63, 3.8) is 0 Å². The Morgan fingerprint density at radius 2 is 1.75 bits per heavy atom. The molecule has 0 atom stereocenters. The Hall–Kier alpha value is -1.17. The van der Waals surface area contributed by atoms with Crippen LogP contribution in [0.25, 0.3) is 10.9 Å². The summed E-state index contributed by atoms with van der Waals surface area (Å²) >= 11 is 12.9. The molecule has 3 aromatic rings. The van der Waals surface area contributed by atoms with Crippen LogP contribution in [0.2, 0.25) is 5.02 Å². The number of hydrogen-bond donors (Lipinski definition) is 1. The minimum absolute atomic E-state index is 0.550. The molecule has 0 spiro atoms. The molecule has 0 aliphatic heterocycles. The maximum Gasteiger partial charge on any atom is 0.149 e. The highest BCUT2D eigenvalue weighted by molar-refractivity contribution is 9.10. The second-order valence-electron chi connectivity index (χ2n) is 4.14. The van der Waals surface area contributed by atoms with Gasteiger partial charge >= 0.3 is 0 Å². The molecule has 100 valence electrons. The first-order valence-corrected chi connectivity index (χ1v) is 7.72. The third kappa shape index (κ3) is 2.80. The van der Waals surface area contributed by atoms with Crippen LogP contribution in [0.5, 0.6) is 0 Å². The first kappa shape index (κ1) is 13.8. The van der Waals surface area contributed by atoms with E-state index < -0.39 is 0 Å². The van der Waals surface area contributed by atoms with Gasteiger partial charge in [-0.25, -0.2) is 4.98 Å². The van der Waals surface area contributed by atoms with Crippen molar-refractivity contribution < 1.29 is 0 Å². The van der Waals surface area contributed by atoms with E-state index in [1.807, 2.05) is 24.3 Å². The molecule has 0 aliphatic rings. The normalized spacial score (nSPS) is 10.8. The van der Waals surface area contributed by atoms with Gasteiger partial charge in [-0.2, -0.15) is 0 Å². The van der Waals surface area contributed by atoms with Gasteiger partial charge in [0.15, 0.2) is 0 Å². The van der Waals surface area contributed by atoms with Gasteiger partial charge < -0.3 is 5.32 Å². The first-order chi connectivity index (χ1) is 9.63. The number of pyridine rings is 2. The van der Waals surface area contributed by atoms with Gasteiger partial charge in [0.05, 0.1) is 16.2 Å². The van der Waals surface area contributed by atoms with Crippen molar-refractivity contribution in [1.82, 2.24) is 9.97 Å². The number of rotatable bonds is 2. The molecule has 2 heterocycles. The molecule has 0 aliphatic carbocycles. The van der Waals surface area contributed by atoms with E-state index in [1.165, 1.54) is 0 Å². The van der Waals surface area contributed by atoms with Gasteiger partial charge in [0.1, 0.15) is 5.82 Å². The van der Waals surface area contributed by atoms with Crippen molar-refractivity contribution in [3.05, 3.63) is 56.7 Å². The highest BCUT2D eigenvalue weighted by Crippen LogP contribution is 2.29. The fourth-order valence-electron chi connectivity index (χ4n) is 1.87. The lowest BCUT2D eigenvalue weighted by atomic mass is 10.2. The fourth-order valence-corrected chi connectivity index (χ4v) is 2.89. The third-order valence-corrected chi connectivity index (χ3v) is 3.89. The van der Waals surface area contributed by atoms with Crippen LogP contribution in [0.3, 0.4) is 0 Å². The molecule has 1 aromatic carbocycles. The van der Waals surface area contributed by atoms with Crippen molar-refractivity contribution in [1.29, 1.82) is 0 Å². The van der Waals surface area contributed by atoms with Gasteiger partial charge in [-0.3, -0.25) is 4.98 Å². The van der Waals surface area contributed by atoms with Crippen molar-refractivity contribution in [2.45, 2.75) is 0 Å². The summed E-state index contributed by atoms with van der Waals surface area (Å²) in [7, 11) is 0. The second kappa shape index (κ2) is 5.68. The Kier molecular flexibility index (Phi) is 3.92. The highest BCUT2D eigenvalue weighted by Gasteiger charge is 2.07. The predicted molar refractivity (Wildman–Crippen MR) is 89.7 cm³/mol. The van der Waals surface area contributed by atoms with Crippen molar-refractivity contribution in [2.24, 2.45) is 0 Å². The average molecular weight is 414 g/mol. The minimum Gasteiger partial charge on any atom is -0.337 e. The van der Waals surface area contributed by atoms with Crippen molar-refractivity contribution >= 4 is 65.9 Å². The molecule has 0 fully saturated rings. The lowest BCUT2D eigenvalue weighted by molar-refractivity contribution is 1.29. The smallest absolute Gasteiger partial charge is 0.149 e. The van der Waals surface area contributed by atoms with E-state index in [9.17, 15) is 0 Å². The summed E-state index contributed by atoms with van der Waals surface area (Å²) in [6.07, 6.45) is 3.47. The summed E-state index contributed by atoms with van der Waals surface area (Å²) in [6.45, 7) is 0. The van der Waals surface area contributed by atoms with E-state index in [0.717, 1.165) is 25.5 Å². The van der Waals surface area contributed by atoms with Crippen LogP contribution in [0.15, 0.2) is 51.7 Å². The molecule has 0 radical (unpaired) electrons. The number of halogens is 3. The molecule has 0 saturated carbocycles. The van der Waals surface area contributed by atoms with Crippen LogP contribution in [-0.4, -0.2) is 9.97 Å². The number of nitrogens with zero attached hydrogens (tertiary/aromatic N) is 2. The van der Waals surface area contributed by atoms with Crippen molar-refractivity contribution in [3.8, 4) is 0 Å². The summed E-state index contributed by atoms with van der Waals surface area (Å²) in [6, 6.07) is 9.74. The minimum atomic E-state index is 0.550. The monoisotopic (exact) mass is 411 g/mol. The first-order valence-electron chi connectivity index (χ1n) is 5.76. The molecule has 20 heavy (non-hydrogen) atoms. The number of aromatic nitrogens is 2. The lowest BCUT2D eigenvalue weighted by Gasteiger charge is -2.10. The van der Waals surface area contributed by atoms with E-state index in [1.54, 1.807) is 18.5 Å². The number of hydrogen-bond acceptors (Lipinski definition) is 3. The summed E-state index contributed by atoms with van der Waals surface area (Å²) < 4.78 is 1.79. The molecule has 0 bridgehead atoms. The zero-order valence-electron chi connectivity index (χ0n) is 10.1. The summed E-state index contributed by atoms with van der Waals surface area (Å²) in [5, 5.41) is 4.81. The fraction of sp³-hybridized carbons (Fsp3) is 0. The van der Waals surface area contributed by atoms with Crippen LogP contribution in [-0.2, 0) is 0 Å². The van der Waals surface area contributed by atoms with E-state index >= 15 is 0 Å². The molecule has 3 nitrogen and oxygen atoms in total. The SMILES string of the molecule is Clc1cc(Br)cnc1Nc1cccc2cc(Br)cnc12. The van der Waals surface area contributed by atoms with Crippen LogP contribution in [0, 0.1) is 0 Å². The Balaban J connectivity index is 2.06. The van der Waals surface area contributed by atoms with E-state index in [4.69, 9.17) is 11.6 Å². The summed E-state index contributed by atoms with van der Waals surface area (Å²) in [5.74, 6) is 0.604. The summed E-state index contributed by atoms with van der Waals surface area (Å²) in [4.78, 5) is 8.71. The average Bonchev–Trinajstić information content (AvgIpc) is 2.41. The molecule has 6 heteroatoms. The second-order valence-corrected chi connectivity index (χ2v) is 6.38. The number of benzene rings is 1. The topological polar surface area (TPSA) is 37.8 Å². The van der Waals surface area contributed by atoms with E-state index in [0.29, 0.717) is 10.8 Å². The summed E-state index contributed by atoms with van der Waals surface area (Å²) in [5.41, 5.74) is 1.74. The van der Waals surface area contributed by atoms with Gasteiger partial charge in [0.25, 0.3) is 0 Å². The molecule has 0 saturated heterocycles. The zero-order chi connectivity index (χ0) is 14.1. The van der Waals surface area contributed by atoms with Crippen molar-refractivity contribution in [2.75, 3.05) is 5.32 Å². The molecule has 1 N–H and O–H groups in total. The van der Waals surface area contributed by atoms with Crippen LogP contribution in [0.4, 0.5) is 11.5 Å². The number of anilines is 2. The van der Waals surface area contributed by atoms with Gasteiger partial charge in [0.2, 0.25) is 0 Å². The Morgan fingerprint density at radius 1 is 1.00 bits per heavy atom. The quantitative estimate of drug-likeness (QED) is 0.598. The molecule has 0 amide bonds. The van der Waals surface area contributed by atoms with Crippen LogP contribution < -0.4 is 5.32 Å². The predicted octanol–water partition coefficient (Wildman–Crippen LogP) is 5.55. The van der Waals surface area contributed by atoms with Gasteiger partial charge in [-0.1, -0.05) is 23.7 Å². The Bertz CT molecular complexity index is 792. The highest BCUT2D eigenvalue weighted by atomic mass is 79.9. The third-order valence-electron chi connectivity index (χ3n) is 2.74. The maximum atomic E-state index is 6.17. The van der Waals surface area contributed by atoms with Gasteiger partial charge in [-0.15, -0.1) is 0 Å². The molecular formula is C14H8Br2ClN3.